The number of carboxylic acids is 1. The van der Waals surface area contributed by atoms with E-state index < -0.39 is 40.0 Å². The van der Waals surface area contributed by atoms with Crippen LogP contribution in [-0.2, 0) is 4.79 Å². The van der Waals surface area contributed by atoms with Gasteiger partial charge in [0.2, 0.25) is 0 Å². The van der Waals surface area contributed by atoms with Crippen molar-refractivity contribution in [1.82, 2.24) is 0 Å². The molecular formula is C30H48O6. The van der Waals surface area contributed by atoms with Crippen LogP contribution in [0, 0.1) is 38.9 Å². The Hall–Kier alpha value is -1.21. The molecule has 0 bridgehead atoms. The second-order valence-corrected chi connectivity index (χ2v) is 14.6. The van der Waals surface area contributed by atoms with Crippen LogP contribution in [0.1, 0.15) is 93.4 Å². The molecule has 2 saturated carbocycles. The van der Waals surface area contributed by atoms with Crippen molar-refractivity contribution in [3.8, 4) is 0 Å². The lowest BCUT2D eigenvalue weighted by atomic mass is 9.36. The molecule has 6 nitrogen and oxygen atoms in total. The van der Waals surface area contributed by atoms with Gasteiger partial charge in [-0.2, -0.15) is 0 Å². The fraction of sp³-hybridized carbons (Fsp3) is 0.833. The number of carboxylic acid groups (broad SMARTS) is 1. The molecule has 0 unspecified atom stereocenters. The molecular weight excluding hydrogens is 456 g/mol. The van der Waals surface area contributed by atoms with Crippen molar-refractivity contribution in [2.24, 2.45) is 38.9 Å². The standard InChI is InChI=1S/C30H48O6/c1-25(2)14-19-18-8-9-20-26(3,12-11-24(34)35)21(29(6,36)17-31)10-13-28(20,5)30(18,7)23(33)16-27(19,4)22(32)15-25/h8-9,20-23,31-33,36H,10-17H2,1-7H3,(H,34,35)/t20-,21-,22-,23+,26-,27-,28-,29+,30+/m1/s1. The number of rotatable bonds is 5. The van der Waals surface area contributed by atoms with Gasteiger partial charge in [0, 0.05) is 17.3 Å². The number of aliphatic carboxylic acids is 1. The van der Waals surface area contributed by atoms with E-state index in [1.807, 2.05) is 0 Å². The van der Waals surface area contributed by atoms with Gasteiger partial charge in [-0.3, -0.25) is 4.79 Å². The normalized spacial score (nSPS) is 47.4. The highest BCUT2D eigenvalue weighted by atomic mass is 16.4. The third-order valence-electron chi connectivity index (χ3n) is 11.7. The molecule has 0 saturated heterocycles. The molecule has 0 amide bonds. The second-order valence-electron chi connectivity index (χ2n) is 14.6. The molecule has 6 heteroatoms. The topological polar surface area (TPSA) is 118 Å². The minimum absolute atomic E-state index is 0.0133. The van der Waals surface area contributed by atoms with Crippen molar-refractivity contribution >= 4 is 5.97 Å². The summed E-state index contributed by atoms with van der Waals surface area (Å²) < 4.78 is 0. The molecule has 2 fully saturated rings. The first-order valence-electron chi connectivity index (χ1n) is 13.7. The fourth-order valence-corrected chi connectivity index (χ4v) is 9.34. The van der Waals surface area contributed by atoms with Gasteiger partial charge in [0.05, 0.1) is 24.4 Å². The van der Waals surface area contributed by atoms with E-state index in [2.05, 4.69) is 53.7 Å². The van der Waals surface area contributed by atoms with Crippen molar-refractivity contribution in [3.63, 3.8) is 0 Å². The van der Waals surface area contributed by atoms with Crippen LogP contribution in [0.3, 0.4) is 0 Å². The Morgan fingerprint density at radius 1 is 1.08 bits per heavy atom. The van der Waals surface area contributed by atoms with Gasteiger partial charge in [-0.25, -0.2) is 0 Å². The SMILES string of the molecule is CC1(C)CC2=C3C=C[C@@H]4[C@@](C)(CCC(=O)O)[C@H]([C@@](C)(O)CO)CC[C@@]4(C)[C@]3(C)[C@@H](O)C[C@@]2(C)[C@H](O)C1. The van der Waals surface area contributed by atoms with Crippen LogP contribution in [0.15, 0.2) is 23.3 Å². The van der Waals surface area contributed by atoms with Gasteiger partial charge in [0.15, 0.2) is 0 Å². The van der Waals surface area contributed by atoms with E-state index in [4.69, 9.17) is 0 Å². The molecule has 4 aliphatic carbocycles. The largest absolute Gasteiger partial charge is 0.481 e. The van der Waals surface area contributed by atoms with Crippen molar-refractivity contribution < 1.29 is 30.3 Å². The summed E-state index contributed by atoms with van der Waals surface area (Å²) in [5.41, 5.74) is -0.982. The maximum absolute atomic E-state index is 11.9. The van der Waals surface area contributed by atoms with Crippen LogP contribution >= 0.6 is 0 Å². The molecule has 0 aromatic rings. The lowest BCUT2D eigenvalue weighted by molar-refractivity contribution is -0.194. The van der Waals surface area contributed by atoms with E-state index >= 15 is 0 Å². The first kappa shape index (κ1) is 27.8. The molecule has 0 aliphatic heterocycles. The highest BCUT2D eigenvalue weighted by molar-refractivity contribution is 5.66. The highest BCUT2D eigenvalue weighted by Gasteiger charge is 2.68. The van der Waals surface area contributed by atoms with E-state index in [-0.39, 0.29) is 35.7 Å². The van der Waals surface area contributed by atoms with Crippen molar-refractivity contribution in [2.45, 2.75) is 111 Å². The third kappa shape index (κ3) is 3.69. The van der Waals surface area contributed by atoms with Crippen molar-refractivity contribution in [3.05, 3.63) is 23.3 Å². The summed E-state index contributed by atoms with van der Waals surface area (Å²) in [5, 5.41) is 54.1. The zero-order valence-electron chi connectivity index (χ0n) is 23.3. The number of aliphatic hydroxyl groups is 4. The summed E-state index contributed by atoms with van der Waals surface area (Å²) in [7, 11) is 0. The molecule has 204 valence electrons. The Morgan fingerprint density at radius 2 is 1.72 bits per heavy atom. The zero-order valence-corrected chi connectivity index (χ0v) is 23.3. The molecule has 0 aromatic carbocycles. The van der Waals surface area contributed by atoms with Crippen LogP contribution in [0.4, 0.5) is 0 Å². The van der Waals surface area contributed by atoms with Crippen LogP contribution < -0.4 is 0 Å². The highest BCUT2D eigenvalue weighted by Crippen LogP contribution is 2.72. The summed E-state index contributed by atoms with van der Waals surface area (Å²) >= 11 is 0. The summed E-state index contributed by atoms with van der Waals surface area (Å²) in [6.45, 7) is 14.3. The molecule has 0 radical (unpaired) electrons. The van der Waals surface area contributed by atoms with Crippen LogP contribution in [0.5, 0.6) is 0 Å². The van der Waals surface area contributed by atoms with Gasteiger partial charge < -0.3 is 25.5 Å². The summed E-state index contributed by atoms with van der Waals surface area (Å²) in [5.74, 6) is -1.24. The summed E-state index contributed by atoms with van der Waals surface area (Å²) in [6.07, 6.45) is 7.03. The van der Waals surface area contributed by atoms with Crippen molar-refractivity contribution in [1.29, 1.82) is 0 Å². The van der Waals surface area contributed by atoms with Crippen LogP contribution in [0.2, 0.25) is 0 Å². The molecule has 9 atom stereocenters. The third-order valence-corrected chi connectivity index (χ3v) is 11.7. The number of allylic oxidation sites excluding steroid dienone is 2. The first-order chi connectivity index (χ1) is 16.4. The van der Waals surface area contributed by atoms with Gasteiger partial charge in [0.25, 0.3) is 0 Å². The maximum atomic E-state index is 11.9. The van der Waals surface area contributed by atoms with E-state index in [0.29, 0.717) is 25.7 Å². The van der Waals surface area contributed by atoms with Gasteiger partial charge in [-0.15, -0.1) is 0 Å². The Bertz CT molecular complexity index is 980. The van der Waals surface area contributed by atoms with Gasteiger partial charge in [0.1, 0.15) is 0 Å². The van der Waals surface area contributed by atoms with E-state index in [1.165, 1.54) is 5.57 Å². The molecule has 5 N–H and O–H groups in total. The Labute approximate surface area is 216 Å². The summed E-state index contributed by atoms with van der Waals surface area (Å²) in [6, 6.07) is 0. The van der Waals surface area contributed by atoms with E-state index in [0.717, 1.165) is 18.4 Å². The number of fused-ring (bicyclic) bond motifs is 4. The average molecular weight is 505 g/mol. The molecule has 0 heterocycles. The molecule has 4 rings (SSSR count). The number of hydrogen-bond donors (Lipinski definition) is 5. The van der Waals surface area contributed by atoms with Crippen LogP contribution in [0.25, 0.3) is 0 Å². The first-order valence-corrected chi connectivity index (χ1v) is 13.7. The van der Waals surface area contributed by atoms with Crippen molar-refractivity contribution in [2.75, 3.05) is 6.61 Å². The molecule has 0 aromatic heterocycles. The van der Waals surface area contributed by atoms with E-state index in [1.54, 1.807) is 6.92 Å². The smallest absolute Gasteiger partial charge is 0.303 e. The average Bonchev–Trinajstić information content (AvgIpc) is 2.75. The van der Waals surface area contributed by atoms with Crippen LogP contribution in [-0.4, -0.2) is 55.9 Å². The minimum atomic E-state index is -1.33. The monoisotopic (exact) mass is 504 g/mol. The Kier molecular flexibility index (Phi) is 6.49. The Balaban J connectivity index is 1.93. The van der Waals surface area contributed by atoms with Gasteiger partial charge in [-0.1, -0.05) is 59.3 Å². The predicted octanol–water partition coefficient (Wildman–Crippen LogP) is 4.46. The summed E-state index contributed by atoms with van der Waals surface area (Å²) in [4.78, 5) is 11.7. The van der Waals surface area contributed by atoms with E-state index in [9.17, 15) is 30.3 Å². The lowest BCUT2D eigenvalue weighted by Crippen LogP contribution is -2.65. The molecule has 4 aliphatic rings. The maximum Gasteiger partial charge on any atom is 0.303 e. The minimum Gasteiger partial charge on any atom is -0.481 e. The Morgan fingerprint density at radius 3 is 2.31 bits per heavy atom. The predicted molar refractivity (Wildman–Crippen MR) is 139 cm³/mol. The van der Waals surface area contributed by atoms with Gasteiger partial charge >= 0.3 is 5.97 Å². The molecule has 0 spiro atoms. The number of carbonyl (C=O) groups is 1. The quantitative estimate of drug-likeness (QED) is 0.377. The molecule has 36 heavy (non-hydrogen) atoms. The number of hydrogen-bond acceptors (Lipinski definition) is 5. The fourth-order valence-electron chi connectivity index (χ4n) is 9.34. The zero-order chi connectivity index (χ0) is 27.1. The lowest BCUT2D eigenvalue weighted by Gasteiger charge is -2.68. The van der Waals surface area contributed by atoms with Gasteiger partial charge in [-0.05, 0) is 79.1 Å². The number of aliphatic hydroxyl groups excluding tert-OH is 3. The second kappa shape index (κ2) is 8.39.